The number of rotatable bonds is 5. The zero-order valence-corrected chi connectivity index (χ0v) is 12.8. The molecular weight excluding hydrogens is 282 g/mol. The Morgan fingerprint density at radius 2 is 1.91 bits per heavy atom. The van der Waals surface area contributed by atoms with Gasteiger partial charge in [0.2, 0.25) is 5.91 Å². The van der Waals surface area contributed by atoms with Crippen molar-refractivity contribution in [3.8, 4) is 5.69 Å². The minimum absolute atomic E-state index is 0.265. The number of aromatic nitrogens is 2. The molecular formula is C16H19N3O3. The Balaban J connectivity index is 2.18. The molecule has 0 radical (unpaired) electrons. The largest absolute Gasteiger partial charge is 0.481 e. The zero-order chi connectivity index (χ0) is 16.3. The standard InChI is InChI=1S/C16H19N3O3/c1-10(16(21)22)15(20)17-9-14-11(2)18-19(12(14)3)13-7-5-4-6-8-13/h4-8,10H,9H2,1-3H3,(H,17,20)(H,21,22). The van der Waals surface area contributed by atoms with Crippen molar-refractivity contribution >= 4 is 11.9 Å². The van der Waals surface area contributed by atoms with Crippen molar-refractivity contribution in [1.82, 2.24) is 15.1 Å². The maximum atomic E-state index is 11.7. The Morgan fingerprint density at radius 3 is 2.50 bits per heavy atom. The van der Waals surface area contributed by atoms with Crippen LogP contribution in [0.25, 0.3) is 5.69 Å². The van der Waals surface area contributed by atoms with Crippen LogP contribution in [-0.4, -0.2) is 26.8 Å². The third-order valence-electron chi connectivity index (χ3n) is 3.65. The molecule has 2 rings (SSSR count). The first kappa shape index (κ1) is 15.8. The molecule has 0 saturated carbocycles. The molecule has 0 spiro atoms. The fraction of sp³-hybridized carbons (Fsp3) is 0.312. The highest BCUT2D eigenvalue weighted by Gasteiger charge is 2.21. The van der Waals surface area contributed by atoms with Crippen LogP contribution in [0.3, 0.4) is 0 Å². The molecule has 0 saturated heterocycles. The summed E-state index contributed by atoms with van der Waals surface area (Å²) in [6, 6.07) is 9.70. The quantitative estimate of drug-likeness (QED) is 0.825. The Kier molecular flexibility index (Phi) is 4.60. The molecule has 2 N–H and O–H groups in total. The van der Waals surface area contributed by atoms with Crippen LogP contribution in [0.1, 0.15) is 23.9 Å². The number of aliphatic carboxylic acids is 1. The minimum Gasteiger partial charge on any atom is -0.481 e. The summed E-state index contributed by atoms with van der Waals surface area (Å²) in [6.45, 7) is 5.43. The predicted molar refractivity (Wildman–Crippen MR) is 81.7 cm³/mol. The summed E-state index contributed by atoms with van der Waals surface area (Å²) in [7, 11) is 0. The first-order valence-electron chi connectivity index (χ1n) is 7.03. The maximum Gasteiger partial charge on any atom is 0.315 e. The summed E-state index contributed by atoms with van der Waals surface area (Å²) >= 11 is 0. The number of benzene rings is 1. The number of hydrogen-bond donors (Lipinski definition) is 2. The van der Waals surface area contributed by atoms with Crippen LogP contribution in [0, 0.1) is 19.8 Å². The van der Waals surface area contributed by atoms with Gasteiger partial charge in [-0.1, -0.05) is 18.2 Å². The van der Waals surface area contributed by atoms with E-state index in [2.05, 4.69) is 10.4 Å². The van der Waals surface area contributed by atoms with Gasteiger partial charge < -0.3 is 10.4 Å². The molecule has 116 valence electrons. The molecule has 2 aromatic rings. The second kappa shape index (κ2) is 6.43. The third-order valence-corrected chi connectivity index (χ3v) is 3.65. The van der Waals surface area contributed by atoms with Crippen LogP contribution in [0.5, 0.6) is 0 Å². The lowest BCUT2D eigenvalue weighted by atomic mass is 10.1. The fourth-order valence-electron chi connectivity index (χ4n) is 2.19. The molecule has 0 fully saturated rings. The van der Waals surface area contributed by atoms with Crippen molar-refractivity contribution < 1.29 is 14.7 Å². The summed E-state index contributed by atoms with van der Waals surface area (Å²) in [5, 5.41) is 16.0. The Morgan fingerprint density at radius 1 is 1.27 bits per heavy atom. The van der Waals surface area contributed by atoms with Crippen LogP contribution >= 0.6 is 0 Å². The minimum atomic E-state index is -1.13. The van der Waals surface area contributed by atoms with Gasteiger partial charge in [0.15, 0.2) is 0 Å². The molecule has 22 heavy (non-hydrogen) atoms. The Labute approximate surface area is 128 Å². The summed E-state index contributed by atoms with van der Waals surface area (Å²) in [5.41, 5.74) is 3.57. The molecule has 6 heteroatoms. The number of carbonyl (C=O) groups excluding carboxylic acids is 1. The second-order valence-corrected chi connectivity index (χ2v) is 5.17. The fourth-order valence-corrected chi connectivity index (χ4v) is 2.19. The number of hydrogen-bond acceptors (Lipinski definition) is 3. The van der Waals surface area contributed by atoms with E-state index in [0.717, 1.165) is 22.6 Å². The molecule has 1 amide bonds. The van der Waals surface area contributed by atoms with E-state index < -0.39 is 17.8 Å². The van der Waals surface area contributed by atoms with Gasteiger partial charge in [-0.3, -0.25) is 9.59 Å². The molecule has 1 aromatic heterocycles. The molecule has 0 aliphatic carbocycles. The molecule has 1 heterocycles. The van der Waals surface area contributed by atoms with Crippen molar-refractivity contribution in [2.45, 2.75) is 27.3 Å². The first-order chi connectivity index (χ1) is 10.4. The molecule has 1 atom stereocenters. The Bertz CT molecular complexity index is 692. The molecule has 6 nitrogen and oxygen atoms in total. The van der Waals surface area contributed by atoms with Gasteiger partial charge >= 0.3 is 5.97 Å². The molecule has 0 bridgehead atoms. The van der Waals surface area contributed by atoms with Gasteiger partial charge in [-0.25, -0.2) is 4.68 Å². The highest BCUT2D eigenvalue weighted by atomic mass is 16.4. The summed E-state index contributed by atoms with van der Waals surface area (Å²) in [5.74, 6) is -2.70. The Hall–Kier alpha value is -2.63. The highest BCUT2D eigenvalue weighted by Crippen LogP contribution is 2.17. The van der Waals surface area contributed by atoms with Gasteiger partial charge in [-0.2, -0.15) is 5.10 Å². The van der Waals surface area contributed by atoms with Crippen molar-refractivity contribution in [3.63, 3.8) is 0 Å². The van der Waals surface area contributed by atoms with Gasteiger partial charge in [0.05, 0.1) is 11.4 Å². The summed E-state index contributed by atoms with van der Waals surface area (Å²) < 4.78 is 1.82. The lowest BCUT2D eigenvalue weighted by Crippen LogP contribution is -2.33. The number of nitrogens with zero attached hydrogens (tertiary/aromatic N) is 2. The second-order valence-electron chi connectivity index (χ2n) is 5.17. The number of carbonyl (C=O) groups is 2. The normalized spacial score (nSPS) is 12.0. The summed E-state index contributed by atoms with van der Waals surface area (Å²) in [4.78, 5) is 22.5. The van der Waals surface area contributed by atoms with Crippen LogP contribution in [-0.2, 0) is 16.1 Å². The average molecular weight is 301 g/mol. The van der Waals surface area contributed by atoms with E-state index in [9.17, 15) is 9.59 Å². The molecule has 1 unspecified atom stereocenters. The van der Waals surface area contributed by atoms with Gasteiger partial charge in [-0.05, 0) is 32.9 Å². The average Bonchev–Trinajstić information content (AvgIpc) is 2.79. The number of para-hydroxylation sites is 1. The molecule has 0 aliphatic heterocycles. The van der Waals surface area contributed by atoms with Crippen LogP contribution in [0.2, 0.25) is 0 Å². The number of carboxylic acids is 1. The van der Waals surface area contributed by atoms with Gasteiger partial charge in [-0.15, -0.1) is 0 Å². The van der Waals surface area contributed by atoms with Crippen molar-refractivity contribution in [1.29, 1.82) is 0 Å². The topological polar surface area (TPSA) is 84.2 Å². The maximum absolute atomic E-state index is 11.7. The summed E-state index contributed by atoms with van der Waals surface area (Å²) in [6.07, 6.45) is 0. The monoisotopic (exact) mass is 301 g/mol. The van der Waals surface area contributed by atoms with Crippen molar-refractivity contribution in [2.24, 2.45) is 5.92 Å². The van der Waals surface area contributed by atoms with E-state index in [4.69, 9.17) is 5.11 Å². The third kappa shape index (κ3) is 3.16. The van der Waals surface area contributed by atoms with Crippen LogP contribution in [0.4, 0.5) is 0 Å². The van der Waals surface area contributed by atoms with Crippen molar-refractivity contribution in [2.75, 3.05) is 0 Å². The van der Waals surface area contributed by atoms with Crippen LogP contribution in [0.15, 0.2) is 30.3 Å². The SMILES string of the molecule is Cc1nn(-c2ccccc2)c(C)c1CNC(=O)C(C)C(=O)O. The number of aryl methyl sites for hydroxylation is 1. The van der Waals surface area contributed by atoms with E-state index >= 15 is 0 Å². The van der Waals surface area contributed by atoms with Crippen molar-refractivity contribution in [3.05, 3.63) is 47.3 Å². The van der Waals surface area contributed by atoms with E-state index in [1.807, 2.05) is 48.9 Å². The van der Waals surface area contributed by atoms with E-state index in [-0.39, 0.29) is 6.54 Å². The van der Waals surface area contributed by atoms with Gasteiger partial charge in [0.1, 0.15) is 5.92 Å². The predicted octanol–water partition coefficient (Wildman–Crippen LogP) is 1.83. The van der Waals surface area contributed by atoms with E-state index in [1.54, 1.807) is 0 Å². The number of nitrogens with one attached hydrogen (secondary N) is 1. The highest BCUT2D eigenvalue weighted by molar-refractivity contribution is 5.96. The molecule has 1 aromatic carbocycles. The number of amides is 1. The molecule has 0 aliphatic rings. The van der Waals surface area contributed by atoms with E-state index in [0.29, 0.717) is 0 Å². The van der Waals surface area contributed by atoms with Gasteiger partial charge in [0.25, 0.3) is 0 Å². The zero-order valence-electron chi connectivity index (χ0n) is 12.8. The lowest BCUT2D eigenvalue weighted by molar-refractivity contribution is -0.146. The lowest BCUT2D eigenvalue weighted by Gasteiger charge is -2.09. The smallest absolute Gasteiger partial charge is 0.315 e. The van der Waals surface area contributed by atoms with Gasteiger partial charge in [0, 0.05) is 17.8 Å². The number of carboxylic acid groups (broad SMARTS) is 1. The first-order valence-corrected chi connectivity index (χ1v) is 7.03. The van der Waals surface area contributed by atoms with E-state index in [1.165, 1.54) is 6.92 Å². The van der Waals surface area contributed by atoms with Crippen LogP contribution < -0.4 is 5.32 Å².